The first-order chi connectivity index (χ1) is 10.5. The molecule has 1 saturated heterocycles. The van der Waals surface area contributed by atoms with Gasteiger partial charge in [0.25, 0.3) is 0 Å². The molecule has 1 aliphatic heterocycles. The van der Waals surface area contributed by atoms with Gasteiger partial charge in [-0.25, -0.2) is 13.8 Å². The summed E-state index contributed by atoms with van der Waals surface area (Å²) in [4.78, 5) is 18.8. The molecule has 1 amide bonds. The Morgan fingerprint density at radius 2 is 1.82 bits per heavy atom. The molecule has 2 aromatic rings. The Kier molecular flexibility index (Phi) is 3.85. The Hall–Kier alpha value is -1.98. The lowest BCUT2D eigenvalue weighted by Gasteiger charge is -2.27. The first-order valence-electron chi connectivity index (χ1n) is 7.59. The van der Waals surface area contributed by atoms with E-state index in [-0.39, 0.29) is 11.8 Å². The second-order valence-electron chi connectivity index (χ2n) is 6.13. The van der Waals surface area contributed by atoms with E-state index < -0.39 is 17.7 Å². The van der Waals surface area contributed by atoms with Crippen molar-refractivity contribution in [3.8, 4) is 0 Å². The molecular formula is C16H19F2N3O. The van der Waals surface area contributed by atoms with Crippen LogP contribution in [-0.4, -0.2) is 33.4 Å². The van der Waals surface area contributed by atoms with Gasteiger partial charge in [-0.15, -0.1) is 0 Å². The second kappa shape index (κ2) is 5.66. The fourth-order valence-electron chi connectivity index (χ4n) is 3.09. The van der Waals surface area contributed by atoms with Gasteiger partial charge in [-0.3, -0.25) is 4.79 Å². The summed E-state index contributed by atoms with van der Waals surface area (Å²) in [6.45, 7) is 5.42. The Bertz CT molecular complexity index is 705. The summed E-state index contributed by atoms with van der Waals surface area (Å²) in [5, 5.41) is 0. The van der Waals surface area contributed by atoms with Gasteiger partial charge in [0.15, 0.2) is 11.6 Å². The number of aromatic nitrogens is 2. The molecule has 0 radical (unpaired) electrons. The molecule has 0 N–H and O–H groups in total. The number of amides is 1. The zero-order valence-electron chi connectivity index (χ0n) is 12.7. The summed E-state index contributed by atoms with van der Waals surface area (Å²) < 4.78 is 28.6. The van der Waals surface area contributed by atoms with Crippen LogP contribution in [0.25, 0.3) is 11.0 Å². The standard InChI is InChI=1S/C16H19F2N3O/c1-10(2)15(16(22)20-5-3-4-6-20)21-9-19-13-7-11(17)12(18)8-14(13)21/h7-10,15H,3-6H2,1-2H3. The van der Waals surface area contributed by atoms with Crippen LogP contribution in [0.2, 0.25) is 0 Å². The number of carbonyl (C=O) groups excluding carboxylic acids is 1. The highest BCUT2D eigenvalue weighted by molar-refractivity contribution is 5.84. The molecule has 1 aromatic heterocycles. The largest absolute Gasteiger partial charge is 0.341 e. The highest BCUT2D eigenvalue weighted by atomic mass is 19.2. The van der Waals surface area contributed by atoms with E-state index in [1.165, 1.54) is 6.33 Å². The number of hydrogen-bond acceptors (Lipinski definition) is 2. The minimum atomic E-state index is -0.926. The van der Waals surface area contributed by atoms with Gasteiger partial charge in [0, 0.05) is 25.2 Å². The van der Waals surface area contributed by atoms with E-state index in [0.29, 0.717) is 11.0 Å². The number of halogens is 2. The van der Waals surface area contributed by atoms with Crippen molar-refractivity contribution in [2.75, 3.05) is 13.1 Å². The van der Waals surface area contributed by atoms with Gasteiger partial charge in [0.05, 0.1) is 17.4 Å². The van der Waals surface area contributed by atoms with Gasteiger partial charge in [0.2, 0.25) is 5.91 Å². The summed E-state index contributed by atoms with van der Waals surface area (Å²) in [6, 6.07) is 1.73. The van der Waals surface area contributed by atoms with E-state index in [9.17, 15) is 13.6 Å². The molecular weight excluding hydrogens is 288 g/mol. The lowest BCUT2D eigenvalue weighted by Crippen LogP contribution is -2.37. The monoisotopic (exact) mass is 307 g/mol. The van der Waals surface area contributed by atoms with Crippen molar-refractivity contribution in [2.24, 2.45) is 5.92 Å². The van der Waals surface area contributed by atoms with Gasteiger partial charge in [-0.2, -0.15) is 0 Å². The Morgan fingerprint density at radius 3 is 2.45 bits per heavy atom. The lowest BCUT2D eigenvalue weighted by atomic mass is 10.0. The second-order valence-corrected chi connectivity index (χ2v) is 6.13. The van der Waals surface area contributed by atoms with Crippen LogP contribution in [0, 0.1) is 17.6 Å². The van der Waals surface area contributed by atoms with E-state index in [2.05, 4.69) is 4.98 Å². The molecule has 6 heteroatoms. The number of benzene rings is 1. The van der Waals surface area contributed by atoms with Crippen molar-refractivity contribution in [1.82, 2.24) is 14.5 Å². The van der Waals surface area contributed by atoms with Crippen molar-refractivity contribution in [2.45, 2.75) is 32.7 Å². The molecule has 1 aliphatic rings. The summed E-state index contributed by atoms with van der Waals surface area (Å²) >= 11 is 0. The van der Waals surface area contributed by atoms with Gasteiger partial charge in [0.1, 0.15) is 6.04 Å². The normalized spacial score (nSPS) is 16.7. The van der Waals surface area contributed by atoms with E-state index in [1.54, 1.807) is 4.57 Å². The number of fused-ring (bicyclic) bond motifs is 1. The molecule has 1 fully saturated rings. The molecule has 0 spiro atoms. The minimum absolute atomic E-state index is 0.0246. The number of imidazole rings is 1. The third-order valence-corrected chi connectivity index (χ3v) is 4.22. The molecule has 1 atom stereocenters. The van der Waals surface area contributed by atoms with Crippen molar-refractivity contribution in [3.05, 3.63) is 30.1 Å². The van der Waals surface area contributed by atoms with Gasteiger partial charge in [-0.05, 0) is 18.8 Å². The summed E-state index contributed by atoms with van der Waals surface area (Å²) in [5.74, 6) is -1.80. The van der Waals surface area contributed by atoms with E-state index in [0.717, 1.165) is 38.1 Å². The summed E-state index contributed by atoms with van der Waals surface area (Å²) in [5.41, 5.74) is 0.809. The predicted molar refractivity (Wildman–Crippen MR) is 79.3 cm³/mol. The van der Waals surface area contributed by atoms with Crippen molar-refractivity contribution in [3.63, 3.8) is 0 Å². The van der Waals surface area contributed by atoms with Gasteiger partial charge >= 0.3 is 0 Å². The zero-order valence-corrected chi connectivity index (χ0v) is 12.7. The van der Waals surface area contributed by atoms with Crippen LogP contribution in [0.3, 0.4) is 0 Å². The van der Waals surface area contributed by atoms with Crippen molar-refractivity contribution < 1.29 is 13.6 Å². The van der Waals surface area contributed by atoms with Crippen molar-refractivity contribution in [1.29, 1.82) is 0 Å². The van der Waals surface area contributed by atoms with E-state index >= 15 is 0 Å². The molecule has 118 valence electrons. The summed E-state index contributed by atoms with van der Waals surface area (Å²) in [6.07, 6.45) is 3.53. The Balaban J connectivity index is 2.05. The first-order valence-corrected chi connectivity index (χ1v) is 7.59. The van der Waals surface area contributed by atoms with Crippen LogP contribution >= 0.6 is 0 Å². The smallest absolute Gasteiger partial charge is 0.245 e. The summed E-state index contributed by atoms with van der Waals surface area (Å²) in [7, 11) is 0. The van der Waals surface area contributed by atoms with Gasteiger partial charge in [-0.1, -0.05) is 13.8 Å². The van der Waals surface area contributed by atoms with Crippen LogP contribution in [0.4, 0.5) is 8.78 Å². The first kappa shape index (κ1) is 14.9. The maximum Gasteiger partial charge on any atom is 0.245 e. The van der Waals surface area contributed by atoms with Crippen LogP contribution in [0.5, 0.6) is 0 Å². The number of rotatable bonds is 3. The van der Waals surface area contributed by atoms with Crippen LogP contribution in [-0.2, 0) is 4.79 Å². The average Bonchev–Trinajstić information content (AvgIpc) is 3.10. The Labute approximate surface area is 127 Å². The van der Waals surface area contributed by atoms with Crippen LogP contribution < -0.4 is 0 Å². The SMILES string of the molecule is CC(C)C(C(=O)N1CCCC1)n1cnc2cc(F)c(F)cc21. The molecule has 1 unspecified atom stereocenters. The molecule has 2 heterocycles. The minimum Gasteiger partial charge on any atom is -0.341 e. The highest BCUT2D eigenvalue weighted by Gasteiger charge is 2.31. The molecule has 3 rings (SSSR count). The molecule has 0 saturated carbocycles. The number of likely N-dealkylation sites (tertiary alicyclic amines) is 1. The molecule has 22 heavy (non-hydrogen) atoms. The maximum atomic E-state index is 13.6. The van der Waals surface area contributed by atoms with Crippen LogP contribution in [0.15, 0.2) is 18.5 Å². The fraction of sp³-hybridized carbons (Fsp3) is 0.500. The zero-order chi connectivity index (χ0) is 15.9. The van der Waals surface area contributed by atoms with Crippen LogP contribution in [0.1, 0.15) is 32.7 Å². The third kappa shape index (κ3) is 2.46. The maximum absolute atomic E-state index is 13.6. The fourth-order valence-corrected chi connectivity index (χ4v) is 3.09. The molecule has 0 bridgehead atoms. The van der Waals surface area contributed by atoms with Crippen molar-refractivity contribution >= 4 is 16.9 Å². The van der Waals surface area contributed by atoms with E-state index in [1.807, 2.05) is 18.7 Å². The molecule has 0 aliphatic carbocycles. The predicted octanol–water partition coefficient (Wildman–Crippen LogP) is 3.13. The molecule has 1 aromatic carbocycles. The molecule has 4 nitrogen and oxygen atoms in total. The number of nitrogens with zero attached hydrogens (tertiary/aromatic N) is 3. The van der Waals surface area contributed by atoms with Gasteiger partial charge < -0.3 is 9.47 Å². The highest BCUT2D eigenvalue weighted by Crippen LogP contribution is 2.28. The number of hydrogen-bond donors (Lipinski definition) is 0. The number of carbonyl (C=O) groups is 1. The van der Waals surface area contributed by atoms with E-state index in [4.69, 9.17) is 0 Å². The lowest BCUT2D eigenvalue weighted by molar-refractivity contribution is -0.134. The third-order valence-electron chi connectivity index (χ3n) is 4.22. The topological polar surface area (TPSA) is 38.1 Å². The Morgan fingerprint density at radius 1 is 1.18 bits per heavy atom. The quantitative estimate of drug-likeness (QED) is 0.874. The average molecular weight is 307 g/mol.